The molecular formula is C32H34FN3O4. The number of likely N-dealkylation sites (tertiary alicyclic amines) is 1. The Balaban J connectivity index is 1.28. The van der Waals surface area contributed by atoms with E-state index in [9.17, 15) is 14.7 Å². The van der Waals surface area contributed by atoms with Gasteiger partial charge >= 0.3 is 5.97 Å². The number of aromatic nitrogens is 1. The van der Waals surface area contributed by atoms with Gasteiger partial charge in [0.1, 0.15) is 11.3 Å². The van der Waals surface area contributed by atoms with Crippen molar-refractivity contribution in [1.82, 2.24) is 9.47 Å². The predicted octanol–water partition coefficient (Wildman–Crippen LogP) is 3.51. The molecule has 3 aromatic rings. The molecule has 0 unspecified atom stereocenters. The molecule has 4 aliphatic rings. The molecule has 0 amide bonds. The molecule has 3 heterocycles. The molecule has 0 spiro atoms. The normalized spacial score (nSPS) is 22.6. The highest BCUT2D eigenvalue weighted by molar-refractivity contribution is 5.97. The van der Waals surface area contributed by atoms with Crippen molar-refractivity contribution in [3.63, 3.8) is 0 Å². The molecule has 8 heteroatoms. The fourth-order valence-electron chi connectivity index (χ4n) is 7.32. The monoisotopic (exact) mass is 543 g/mol. The first-order chi connectivity index (χ1) is 19.4. The van der Waals surface area contributed by atoms with Gasteiger partial charge in [-0.2, -0.15) is 0 Å². The maximum absolute atomic E-state index is 16.0. The van der Waals surface area contributed by atoms with Gasteiger partial charge in [0, 0.05) is 37.9 Å². The van der Waals surface area contributed by atoms with E-state index in [0.717, 1.165) is 58.2 Å². The van der Waals surface area contributed by atoms with E-state index in [-0.39, 0.29) is 17.0 Å². The van der Waals surface area contributed by atoms with E-state index in [4.69, 9.17) is 4.74 Å². The summed E-state index contributed by atoms with van der Waals surface area (Å²) in [5.74, 6) is -1.10. The Morgan fingerprint density at radius 3 is 2.77 bits per heavy atom. The van der Waals surface area contributed by atoms with E-state index in [2.05, 4.69) is 40.1 Å². The van der Waals surface area contributed by atoms with Crippen LogP contribution >= 0.6 is 0 Å². The molecule has 2 atom stereocenters. The number of aromatic carboxylic acids is 1. The number of benzene rings is 2. The number of carboxylic acids is 1. The maximum atomic E-state index is 16.0. The predicted molar refractivity (Wildman–Crippen MR) is 153 cm³/mol. The average molecular weight is 544 g/mol. The fraction of sp³-hybridized carbons (Fsp3) is 0.438. The average Bonchev–Trinajstić information content (AvgIpc) is 3.71. The van der Waals surface area contributed by atoms with E-state index in [1.165, 1.54) is 35.4 Å². The second kappa shape index (κ2) is 9.77. The lowest BCUT2D eigenvalue weighted by Gasteiger charge is -2.37. The summed E-state index contributed by atoms with van der Waals surface area (Å²) in [6, 6.07) is 10.3. The number of carbonyl (C=O) groups is 1. The van der Waals surface area contributed by atoms with Crippen LogP contribution in [0.25, 0.3) is 22.6 Å². The number of carboxylic acid groups (broad SMARTS) is 1. The van der Waals surface area contributed by atoms with Gasteiger partial charge in [0.2, 0.25) is 5.43 Å². The van der Waals surface area contributed by atoms with E-state index < -0.39 is 17.2 Å². The maximum Gasteiger partial charge on any atom is 0.341 e. The SMILES string of the molecule is COc1c(N2C[C@@H]3CCCN(CC4=c5ccccc5=CCC4)[C@@H]3C2)c(F)cc2c(=O)c(C(=O)O)cn(C3CC3)c12. The Kier molecular flexibility index (Phi) is 6.18. The van der Waals surface area contributed by atoms with E-state index >= 15 is 4.39 Å². The van der Waals surface area contributed by atoms with Crippen molar-refractivity contribution in [3.05, 3.63) is 68.6 Å². The van der Waals surface area contributed by atoms with Gasteiger partial charge in [-0.25, -0.2) is 9.18 Å². The molecule has 3 fully saturated rings. The zero-order valence-electron chi connectivity index (χ0n) is 22.7. The Morgan fingerprint density at radius 2 is 2.00 bits per heavy atom. The van der Waals surface area contributed by atoms with Gasteiger partial charge in [-0.05, 0) is 73.1 Å². The van der Waals surface area contributed by atoms with Crippen molar-refractivity contribution in [2.24, 2.45) is 5.92 Å². The molecule has 0 radical (unpaired) electrons. The largest absolute Gasteiger partial charge is 0.492 e. The summed E-state index contributed by atoms with van der Waals surface area (Å²) in [5, 5.41) is 12.4. The number of pyridine rings is 1. The third-order valence-corrected chi connectivity index (χ3v) is 9.33. The van der Waals surface area contributed by atoms with Gasteiger partial charge in [-0.1, -0.05) is 30.3 Å². The molecule has 2 aliphatic carbocycles. The lowest BCUT2D eigenvalue weighted by atomic mass is 9.90. The number of hydrogen-bond acceptors (Lipinski definition) is 5. The standard InChI is InChI=1S/C32H34FN3O4/c1-40-31-28-24(30(37)25(32(38)39)17-36(28)22-11-12-22)14-26(33)29(31)35-16-21-9-5-13-34(27(21)18-35)15-20-8-4-7-19-6-2-3-10-23(19)20/h2-3,6-7,10,14,17,21-22,27H,4-5,8-9,11-13,15-16,18H2,1H3,(H,38,39)/t21-,27+/m0/s1. The zero-order valence-corrected chi connectivity index (χ0v) is 22.7. The molecule has 7 rings (SSSR count). The minimum atomic E-state index is -1.30. The summed E-state index contributed by atoms with van der Waals surface area (Å²) in [4.78, 5) is 29.6. The molecule has 1 N–H and O–H groups in total. The summed E-state index contributed by atoms with van der Waals surface area (Å²) in [5.41, 5.74) is 1.34. The van der Waals surface area contributed by atoms with Crippen LogP contribution in [0.1, 0.15) is 54.9 Å². The lowest BCUT2D eigenvalue weighted by Crippen LogP contribution is -2.47. The van der Waals surface area contributed by atoms with Crippen molar-refractivity contribution in [3.8, 4) is 5.75 Å². The molecule has 2 aliphatic heterocycles. The van der Waals surface area contributed by atoms with Crippen LogP contribution in [-0.2, 0) is 0 Å². The first-order valence-electron chi connectivity index (χ1n) is 14.4. The van der Waals surface area contributed by atoms with Crippen molar-refractivity contribution in [2.45, 2.75) is 50.6 Å². The Bertz CT molecular complexity index is 1710. The number of rotatable bonds is 6. The summed E-state index contributed by atoms with van der Waals surface area (Å²) in [6.45, 7) is 3.36. The smallest absolute Gasteiger partial charge is 0.341 e. The highest BCUT2D eigenvalue weighted by Crippen LogP contribution is 2.45. The topological polar surface area (TPSA) is 75.0 Å². The Labute approximate surface area is 231 Å². The van der Waals surface area contributed by atoms with Crippen LogP contribution in [0.3, 0.4) is 0 Å². The minimum absolute atomic E-state index is 0.0623. The second-order valence-corrected chi connectivity index (χ2v) is 11.7. The molecular weight excluding hydrogens is 509 g/mol. The fourth-order valence-corrected chi connectivity index (χ4v) is 7.32. The number of anilines is 1. The van der Waals surface area contributed by atoms with Crippen molar-refractivity contribution in [2.75, 3.05) is 38.2 Å². The molecule has 7 nitrogen and oxygen atoms in total. The van der Waals surface area contributed by atoms with Crippen LogP contribution in [-0.4, -0.2) is 59.9 Å². The number of methoxy groups -OCH3 is 1. The van der Waals surface area contributed by atoms with E-state index in [1.807, 2.05) is 4.57 Å². The third kappa shape index (κ3) is 4.12. The van der Waals surface area contributed by atoms with Gasteiger partial charge < -0.3 is 19.3 Å². The number of piperidine rings is 1. The van der Waals surface area contributed by atoms with Crippen molar-refractivity contribution < 1.29 is 19.0 Å². The summed E-state index contributed by atoms with van der Waals surface area (Å²) in [6.07, 6.45) is 9.85. The van der Waals surface area contributed by atoms with Crippen molar-refractivity contribution >= 4 is 34.2 Å². The van der Waals surface area contributed by atoms with Crippen LogP contribution in [0.15, 0.2) is 41.3 Å². The summed E-state index contributed by atoms with van der Waals surface area (Å²) < 4.78 is 23.6. The third-order valence-electron chi connectivity index (χ3n) is 9.33. The molecule has 208 valence electrons. The van der Waals surface area contributed by atoms with Crippen LogP contribution < -0.4 is 25.5 Å². The van der Waals surface area contributed by atoms with Crippen molar-refractivity contribution in [1.29, 1.82) is 0 Å². The molecule has 1 saturated carbocycles. The number of ether oxygens (including phenoxy) is 1. The van der Waals surface area contributed by atoms with Gasteiger partial charge in [0.25, 0.3) is 0 Å². The molecule has 0 bridgehead atoms. The van der Waals surface area contributed by atoms with Gasteiger partial charge in [0.05, 0.1) is 18.0 Å². The molecule has 2 aromatic carbocycles. The summed E-state index contributed by atoms with van der Waals surface area (Å²) >= 11 is 0. The van der Waals surface area contributed by atoms with Crippen LogP contribution in [0, 0.1) is 11.7 Å². The lowest BCUT2D eigenvalue weighted by molar-refractivity contribution is 0.0694. The van der Waals surface area contributed by atoms with Crippen LogP contribution in [0.2, 0.25) is 0 Å². The zero-order chi connectivity index (χ0) is 27.5. The van der Waals surface area contributed by atoms with Crippen LogP contribution in [0.5, 0.6) is 5.75 Å². The molecule has 40 heavy (non-hydrogen) atoms. The van der Waals surface area contributed by atoms with Crippen LogP contribution in [0.4, 0.5) is 10.1 Å². The Morgan fingerprint density at radius 1 is 1.18 bits per heavy atom. The van der Waals surface area contributed by atoms with E-state index in [1.54, 1.807) is 0 Å². The quantitative estimate of drug-likeness (QED) is 0.513. The Hall–Kier alpha value is -3.65. The molecule has 2 saturated heterocycles. The highest BCUT2D eigenvalue weighted by Gasteiger charge is 2.41. The van der Waals surface area contributed by atoms with Gasteiger partial charge in [-0.15, -0.1) is 0 Å². The van der Waals surface area contributed by atoms with Gasteiger partial charge in [-0.3, -0.25) is 9.69 Å². The molecule has 1 aromatic heterocycles. The van der Waals surface area contributed by atoms with E-state index in [0.29, 0.717) is 35.5 Å². The van der Waals surface area contributed by atoms with Gasteiger partial charge in [0.15, 0.2) is 11.6 Å². The number of halogens is 1. The first-order valence-corrected chi connectivity index (χ1v) is 14.4. The first kappa shape index (κ1) is 25.3. The minimum Gasteiger partial charge on any atom is -0.492 e. The number of nitrogens with zero attached hydrogens (tertiary/aromatic N) is 3. The number of hydrogen-bond donors (Lipinski definition) is 1. The second-order valence-electron chi connectivity index (χ2n) is 11.7. The number of fused-ring (bicyclic) bond motifs is 3. The summed E-state index contributed by atoms with van der Waals surface area (Å²) in [7, 11) is 1.51. The highest BCUT2D eigenvalue weighted by atomic mass is 19.1.